The SMILES string of the molecule is COCCNCc1cc(F)ccc1OCc1noc(C)n1. The molecule has 0 fully saturated rings. The maximum absolute atomic E-state index is 13.3. The lowest BCUT2D eigenvalue weighted by molar-refractivity contribution is 0.199. The Bertz CT molecular complexity index is 574. The molecule has 0 bridgehead atoms. The molecule has 0 spiro atoms. The first-order chi connectivity index (χ1) is 10.2. The Balaban J connectivity index is 1.97. The Morgan fingerprint density at radius 1 is 1.38 bits per heavy atom. The molecule has 0 unspecified atom stereocenters. The second-order valence-electron chi connectivity index (χ2n) is 4.44. The van der Waals surface area contributed by atoms with Crippen LogP contribution in [0.3, 0.4) is 0 Å². The van der Waals surface area contributed by atoms with Crippen LogP contribution in [-0.4, -0.2) is 30.4 Å². The van der Waals surface area contributed by atoms with Crippen molar-refractivity contribution in [3.8, 4) is 5.75 Å². The Hall–Kier alpha value is -1.99. The van der Waals surface area contributed by atoms with Crippen LogP contribution in [0.5, 0.6) is 5.75 Å². The summed E-state index contributed by atoms with van der Waals surface area (Å²) in [5, 5.41) is 6.90. The third kappa shape index (κ3) is 4.80. The normalized spacial score (nSPS) is 10.8. The summed E-state index contributed by atoms with van der Waals surface area (Å²) in [7, 11) is 1.63. The fraction of sp³-hybridized carbons (Fsp3) is 0.429. The molecule has 0 aliphatic rings. The molecule has 2 aromatic rings. The summed E-state index contributed by atoms with van der Waals surface area (Å²) in [4.78, 5) is 4.05. The number of aromatic nitrogens is 2. The van der Waals surface area contributed by atoms with Crippen LogP contribution in [0.15, 0.2) is 22.7 Å². The summed E-state index contributed by atoms with van der Waals surface area (Å²) >= 11 is 0. The second-order valence-corrected chi connectivity index (χ2v) is 4.44. The maximum atomic E-state index is 13.3. The number of hydrogen-bond acceptors (Lipinski definition) is 6. The smallest absolute Gasteiger partial charge is 0.223 e. The molecular formula is C14H18FN3O3. The summed E-state index contributed by atoms with van der Waals surface area (Å²) in [6.45, 7) is 3.64. The molecular weight excluding hydrogens is 277 g/mol. The van der Waals surface area contributed by atoms with E-state index in [4.69, 9.17) is 14.0 Å². The van der Waals surface area contributed by atoms with Crippen LogP contribution in [0.2, 0.25) is 0 Å². The topological polar surface area (TPSA) is 69.4 Å². The van der Waals surface area contributed by atoms with Gasteiger partial charge >= 0.3 is 0 Å². The van der Waals surface area contributed by atoms with Crippen molar-refractivity contribution in [1.29, 1.82) is 0 Å². The lowest BCUT2D eigenvalue weighted by atomic mass is 10.2. The van der Waals surface area contributed by atoms with Gasteiger partial charge in [-0.05, 0) is 18.2 Å². The summed E-state index contributed by atoms with van der Waals surface area (Å²) < 4.78 is 28.8. The van der Waals surface area contributed by atoms with Gasteiger partial charge in [0.05, 0.1) is 6.61 Å². The highest BCUT2D eigenvalue weighted by atomic mass is 19.1. The highest BCUT2D eigenvalue weighted by Crippen LogP contribution is 2.20. The van der Waals surface area contributed by atoms with E-state index in [1.165, 1.54) is 12.1 Å². The van der Waals surface area contributed by atoms with Crippen LogP contribution >= 0.6 is 0 Å². The van der Waals surface area contributed by atoms with Crippen LogP contribution in [-0.2, 0) is 17.9 Å². The fourth-order valence-electron chi connectivity index (χ4n) is 1.77. The van der Waals surface area contributed by atoms with E-state index in [9.17, 15) is 4.39 Å². The highest BCUT2D eigenvalue weighted by molar-refractivity contribution is 5.34. The molecule has 1 N–H and O–H groups in total. The second kappa shape index (κ2) is 7.70. The molecule has 0 aliphatic heterocycles. The van der Waals surface area contributed by atoms with Gasteiger partial charge in [-0.1, -0.05) is 5.16 Å². The van der Waals surface area contributed by atoms with E-state index in [0.29, 0.717) is 37.2 Å². The van der Waals surface area contributed by atoms with Crippen molar-refractivity contribution in [3.63, 3.8) is 0 Å². The standard InChI is InChI=1S/C14H18FN3O3/c1-10-17-14(18-21-10)9-20-13-4-3-12(15)7-11(13)8-16-5-6-19-2/h3-4,7,16H,5-6,8-9H2,1-2H3. The number of ether oxygens (including phenoxy) is 2. The minimum Gasteiger partial charge on any atom is -0.485 e. The largest absolute Gasteiger partial charge is 0.485 e. The number of hydrogen-bond donors (Lipinski definition) is 1. The van der Waals surface area contributed by atoms with Crippen molar-refractivity contribution in [2.75, 3.05) is 20.3 Å². The van der Waals surface area contributed by atoms with Gasteiger partial charge in [0.1, 0.15) is 11.6 Å². The van der Waals surface area contributed by atoms with Crippen molar-refractivity contribution in [2.45, 2.75) is 20.1 Å². The quantitative estimate of drug-likeness (QED) is 0.749. The third-order valence-electron chi connectivity index (χ3n) is 2.75. The van der Waals surface area contributed by atoms with Gasteiger partial charge in [0.15, 0.2) is 6.61 Å². The highest BCUT2D eigenvalue weighted by Gasteiger charge is 2.08. The molecule has 0 saturated heterocycles. The van der Waals surface area contributed by atoms with E-state index in [2.05, 4.69) is 15.5 Å². The molecule has 7 heteroatoms. The molecule has 0 amide bonds. The molecule has 2 rings (SSSR count). The van der Waals surface area contributed by atoms with Gasteiger partial charge < -0.3 is 19.3 Å². The summed E-state index contributed by atoms with van der Waals surface area (Å²) in [6, 6.07) is 4.39. The molecule has 6 nitrogen and oxygen atoms in total. The van der Waals surface area contributed by atoms with Crippen molar-refractivity contribution >= 4 is 0 Å². The number of benzene rings is 1. The Labute approximate surface area is 122 Å². The Morgan fingerprint density at radius 3 is 2.95 bits per heavy atom. The van der Waals surface area contributed by atoms with E-state index >= 15 is 0 Å². The lowest BCUT2D eigenvalue weighted by Gasteiger charge is -2.11. The van der Waals surface area contributed by atoms with E-state index in [0.717, 1.165) is 5.56 Å². The molecule has 1 heterocycles. The average Bonchev–Trinajstić information content (AvgIpc) is 2.88. The van der Waals surface area contributed by atoms with Crippen LogP contribution < -0.4 is 10.1 Å². The van der Waals surface area contributed by atoms with Gasteiger partial charge in [-0.25, -0.2) is 4.39 Å². The molecule has 0 saturated carbocycles. The Kier molecular flexibility index (Phi) is 5.65. The minimum absolute atomic E-state index is 0.175. The molecule has 0 aliphatic carbocycles. The fourth-order valence-corrected chi connectivity index (χ4v) is 1.77. The van der Waals surface area contributed by atoms with Crippen LogP contribution in [0.25, 0.3) is 0 Å². The summed E-state index contributed by atoms with van der Waals surface area (Å²) in [5.41, 5.74) is 0.728. The lowest BCUT2D eigenvalue weighted by Crippen LogP contribution is -2.19. The molecule has 0 radical (unpaired) electrons. The number of halogens is 1. The van der Waals surface area contributed by atoms with Crippen LogP contribution in [0.4, 0.5) is 4.39 Å². The predicted octanol–water partition coefficient (Wildman–Crippen LogP) is 1.83. The first-order valence-electron chi connectivity index (χ1n) is 6.59. The zero-order valence-electron chi connectivity index (χ0n) is 12.1. The van der Waals surface area contributed by atoms with E-state index in [1.54, 1.807) is 20.1 Å². The number of methoxy groups -OCH3 is 1. The van der Waals surface area contributed by atoms with Crippen molar-refractivity contribution < 1.29 is 18.4 Å². The first kappa shape index (κ1) is 15.4. The van der Waals surface area contributed by atoms with Gasteiger partial charge in [-0.15, -0.1) is 0 Å². The molecule has 1 aromatic heterocycles. The van der Waals surface area contributed by atoms with Gasteiger partial charge in [0.25, 0.3) is 0 Å². The summed E-state index contributed by atoms with van der Waals surface area (Å²) in [5.74, 6) is 1.22. The number of nitrogens with one attached hydrogen (secondary N) is 1. The maximum Gasteiger partial charge on any atom is 0.223 e. The van der Waals surface area contributed by atoms with Crippen LogP contribution in [0, 0.1) is 12.7 Å². The molecule has 21 heavy (non-hydrogen) atoms. The molecule has 0 atom stereocenters. The number of aryl methyl sites for hydroxylation is 1. The van der Waals surface area contributed by atoms with Gasteiger partial charge in [-0.3, -0.25) is 0 Å². The third-order valence-corrected chi connectivity index (χ3v) is 2.75. The Morgan fingerprint density at radius 2 is 2.24 bits per heavy atom. The molecule has 114 valence electrons. The number of nitrogens with zero attached hydrogens (tertiary/aromatic N) is 2. The van der Waals surface area contributed by atoms with Gasteiger partial charge in [-0.2, -0.15) is 4.98 Å². The monoisotopic (exact) mass is 295 g/mol. The van der Waals surface area contributed by atoms with E-state index in [-0.39, 0.29) is 12.4 Å². The van der Waals surface area contributed by atoms with E-state index in [1.807, 2.05) is 0 Å². The molecule has 1 aromatic carbocycles. The minimum atomic E-state index is -0.304. The van der Waals surface area contributed by atoms with Crippen molar-refractivity contribution in [1.82, 2.24) is 15.5 Å². The summed E-state index contributed by atoms with van der Waals surface area (Å²) in [6.07, 6.45) is 0. The van der Waals surface area contributed by atoms with Gasteiger partial charge in [0.2, 0.25) is 11.7 Å². The number of rotatable bonds is 8. The van der Waals surface area contributed by atoms with Crippen LogP contribution in [0.1, 0.15) is 17.3 Å². The zero-order chi connectivity index (χ0) is 15.1. The predicted molar refractivity (Wildman–Crippen MR) is 73.3 cm³/mol. The van der Waals surface area contributed by atoms with Gasteiger partial charge in [0, 0.05) is 32.7 Å². The first-order valence-corrected chi connectivity index (χ1v) is 6.59. The average molecular weight is 295 g/mol. The zero-order valence-corrected chi connectivity index (χ0v) is 12.1. The van der Waals surface area contributed by atoms with E-state index < -0.39 is 0 Å². The van der Waals surface area contributed by atoms with Crippen molar-refractivity contribution in [3.05, 3.63) is 41.3 Å². The van der Waals surface area contributed by atoms with Crippen molar-refractivity contribution in [2.24, 2.45) is 0 Å².